The van der Waals surface area contributed by atoms with E-state index in [1.54, 1.807) is 6.26 Å². The van der Waals surface area contributed by atoms with Crippen LogP contribution in [0, 0.1) is 11.7 Å². The van der Waals surface area contributed by atoms with Gasteiger partial charge >= 0.3 is 0 Å². The zero-order valence-corrected chi connectivity index (χ0v) is 15.9. The molecule has 0 amide bonds. The van der Waals surface area contributed by atoms with Crippen molar-refractivity contribution >= 4 is 17.9 Å². The normalized spacial score (nSPS) is 15.5. The highest BCUT2D eigenvalue weighted by atomic mass is 32.1. The van der Waals surface area contributed by atoms with Gasteiger partial charge in [0.05, 0.1) is 12.9 Å². The molecule has 1 aliphatic rings. The third-order valence-corrected chi connectivity index (χ3v) is 5.34. The van der Waals surface area contributed by atoms with Gasteiger partial charge in [-0.15, -0.1) is 5.10 Å². The number of hydrogen-bond acceptors (Lipinski definition) is 5. The highest BCUT2D eigenvalue weighted by Gasteiger charge is 2.19. The first-order valence-corrected chi connectivity index (χ1v) is 9.24. The van der Waals surface area contributed by atoms with Crippen molar-refractivity contribution < 1.29 is 4.42 Å². The summed E-state index contributed by atoms with van der Waals surface area (Å²) in [7, 11) is 1.93. The fraction of sp³-hybridized carbons (Fsp3) is 0.368. The van der Waals surface area contributed by atoms with Gasteiger partial charge in [0.15, 0.2) is 16.4 Å². The number of piperazine rings is 1. The second-order valence-corrected chi connectivity index (χ2v) is 7.09. The number of hydrogen-bond donors (Lipinski definition) is 0. The third-order valence-electron chi connectivity index (χ3n) is 4.86. The first-order valence-electron chi connectivity index (χ1n) is 8.83. The van der Waals surface area contributed by atoms with Crippen LogP contribution in [0.25, 0.3) is 11.6 Å². The number of rotatable bonds is 4. The molecule has 0 atom stereocenters. The van der Waals surface area contributed by atoms with Crippen molar-refractivity contribution in [2.75, 3.05) is 31.1 Å². The Hall–Kier alpha value is -2.38. The summed E-state index contributed by atoms with van der Waals surface area (Å²) in [6, 6.07) is 12.5. The molecule has 1 aromatic carbocycles. The van der Waals surface area contributed by atoms with Crippen LogP contribution >= 0.6 is 12.2 Å². The summed E-state index contributed by atoms with van der Waals surface area (Å²) in [6.45, 7) is 6.84. The Kier molecular flexibility index (Phi) is 4.65. The zero-order valence-electron chi connectivity index (χ0n) is 15.1. The lowest BCUT2D eigenvalue weighted by Crippen LogP contribution is -2.47. The number of furan rings is 1. The van der Waals surface area contributed by atoms with Gasteiger partial charge in [0.25, 0.3) is 0 Å². The predicted molar refractivity (Wildman–Crippen MR) is 105 cm³/mol. The van der Waals surface area contributed by atoms with Crippen LogP contribution in [0.1, 0.15) is 5.56 Å². The lowest BCUT2D eigenvalue weighted by atomic mass is 10.2. The monoisotopic (exact) mass is 369 g/mol. The molecular weight excluding hydrogens is 346 g/mol. The minimum Gasteiger partial charge on any atom is -0.461 e. The van der Waals surface area contributed by atoms with Crippen molar-refractivity contribution in [2.24, 2.45) is 7.05 Å². The molecule has 136 valence electrons. The van der Waals surface area contributed by atoms with Crippen LogP contribution in [0.4, 0.5) is 5.69 Å². The molecule has 7 heteroatoms. The molecule has 3 aromatic rings. The third kappa shape index (κ3) is 3.32. The quantitative estimate of drug-likeness (QED) is 0.660. The Morgan fingerprint density at radius 2 is 1.92 bits per heavy atom. The van der Waals surface area contributed by atoms with Crippen LogP contribution in [0.5, 0.6) is 0 Å². The molecule has 1 fully saturated rings. The highest BCUT2D eigenvalue weighted by Crippen LogP contribution is 2.20. The molecule has 2 aromatic heterocycles. The minimum atomic E-state index is 0.703. The van der Waals surface area contributed by atoms with Gasteiger partial charge in [-0.2, -0.15) is 0 Å². The van der Waals surface area contributed by atoms with Crippen LogP contribution in [0.15, 0.2) is 47.1 Å². The standard InChI is InChI=1S/C19H23N5OS/c1-15-5-3-6-16(13-15)23-10-8-22(9-11-23)14-24-19(26)21(2)18(20-24)17-7-4-12-25-17/h3-7,12-13H,8-11,14H2,1-2H3. The van der Waals surface area contributed by atoms with Gasteiger partial charge in [0.1, 0.15) is 0 Å². The average Bonchev–Trinajstić information content (AvgIpc) is 3.27. The van der Waals surface area contributed by atoms with Crippen molar-refractivity contribution in [3.8, 4) is 11.6 Å². The molecule has 0 bridgehead atoms. The van der Waals surface area contributed by atoms with Gasteiger partial charge in [0, 0.05) is 38.9 Å². The largest absolute Gasteiger partial charge is 0.461 e. The topological polar surface area (TPSA) is 42.4 Å². The van der Waals surface area contributed by atoms with E-state index in [0.717, 1.165) is 37.8 Å². The van der Waals surface area contributed by atoms with E-state index in [4.69, 9.17) is 16.6 Å². The Morgan fingerprint density at radius 1 is 1.12 bits per heavy atom. The van der Waals surface area contributed by atoms with Crippen molar-refractivity contribution in [2.45, 2.75) is 13.6 Å². The molecule has 0 saturated carbocycles. The molecule has 0 radical (unpaired) electrons. The lowest BCUT2D eigenvalue weighted by Gasteiger charge is -2.36. The molecule has 0 unspecified atom stereocenters. The van der Waals surface area contributed by atoms with Crippen LogP contribution in [0.2, 0.25) is 0 Å². The molecule has 4 rings (SSSR count). The second-order valence-electron chi connectivity index (χ2n) is 6.73. The lowest BCUT2D eigenvalue weighted by molar-refractivity contribution is 0.194. The summed E-state index contributed by atoms with van der Waals surface area (Å²) in [4.78, 5) is 4.83. The van der Waals surface area contributed by atoms with Crippen molar-refractivity contribution in [3.05, 3.63) is 53.0 Å². The SMILES string of the molecule is Cc1cccc(N2CCN(Cn3nc(-c4ccco4)n(C)c3=S)CC2)c1. The molecule has 26 heavy (non-hydrogen) atoms. The van der Waals surface area contributed by atoms with Gasteiger partial charge < -0.3 is 13.9 Å². The first kappa shape index (κ1) is 17.1. The van der Waals surface area contributed by atoms with Crippen LogP contribution in [-0.2, 0) is 13.7 Å². The molecule has 1 aliphatic heterocycles. The van der Waals surface area contributed by atoms with Crippen LogP contribution < -0.4 is 4.90 Å². The van der Waals surface area contributed by atoms with Crippen LogP contribution in [0.3, 0.4) is 0 Å². The number of anilines is 1. The summed E-state index contributed by atoms with van der Waals surface area (Å²) in [5, 5.41) is 4.66. The van der Waals surface area contributed by atoms with Gasteiger partial charge in [0.2, 0.25) is 0 Å². The number of aryl methyl sites for hydroxylation is 1. The Balaban J connectivity index is 1.44. The van der Waals surface area contributed by atoms with E-state index in [-0.39, 0.29) is 0 Å². The Morgan fingerprint density at radius 3 is 2.62 bits per heavy atom. The smallest absolute Gasteiger partial charge is 0.199 e. The number of benzene rings is 1. The molecule has 1 saturated heterocycles. The maximum Gasteiger partial charge on any atom is 0.199 e. The van der Waals surface area contributed by atoms with Crippen molar-refractivity contribution in [1.82, 2.24) is 19.2 Å². The van der Waals surface area contributed by atoms with Gasteiger partial charge in [-0.1, -0.05) is 12.1 Å². The predicted octanol–water partition coefficient (Wildman–Crippen LogP) is 3.30. The molecule has 0 N–H and O–H groups in total. The Labute approximate surface area is 158 Å². The second kappa shape index (κ2) is 7.09. The maximum absolute atomic E-state index is 5.56. The molecule has 0 aliphatic carbocycles. The first-order chi connectivity index (χ1) is 12.6. The summed E-state index contributed by atoms with van der Waals surface area (Å²) in [5.74, 6) is 1.50. The fourth-order valence-corrected chi connectivity index (χ4v) is 3.55. The minimum absolute atomic E-state index is 0.703. The summed E-state index contributed by atoms with van der Waals surface area (Å²) < 4.78 is 9.96. The van der Waals surface area contributed by atoms with Crippen LogP contribution in [-0.4, -0.2) is 45.4 Å². The zero-order chi connectivity index (χ0) is 18.1. The van der Waals surface area contributed by atoms with E-state index in [2.05, 4.69) is 46.1 Å². The van der Waals surface area contributed by atoms with E-state index >= 15 is 0 Å². The highest BCUT2D eigenvalue weighted by molar-refractivity contribution is 7.71. The fourth-order valence-electron chi connectivity index (χ4n) is 3.36. The van der Waals surface area contributed by atoms with E-state index in [1.165, 1.54) is 11.3 Å². The molecule has 0 spiro atoms. The van der Waals surface area contributed by atoms with Crippen molar-refractivity contribution in [3.63, 3.8) is 0 Å². The molecular formula is C19H23N5OS. The molecule has 3 heterocycles. The number of aromatic nitrogens is 3. The van der Waals surface area contributed by atoms with E-state index < -0.39 is 0 Å². The number of nitrogens with zero attached hydrogens (tertiary/aromatic N) is 5. The van der Waals surface area contributed by atoms with E-state index in [1.807, 2.05) is 28.4 Å². The molecule has 6 nitrogen and oxygen atoms in total. The summed E-state index contributed by atoms with van der Waals surface area (Å²) in [5.41, 5.74) is 2.61. The summed E-state index contributed by atoms with van der Waals surface area (Å²) >= 11 is 5.56. The van der Waals surface area contributed by atoms with Gasteiger partial charge in [-0.3, -0.25) is 4.90 Å². The average molecular weight is 369 g/mol. The van der Waals surface area contributed by atoms with Gasteiger partial charge in [-0.25, -0.2) is 4.68 Å². The van der Waals surface area contributed by atoms with Crippen molar-refractivity contribution in [1.29, 1.82) is 0 Å². The van der Waals surface area contributed by atoms with E-state index in [0.29, 0.717) is 11.4 Å². The van der Waals surface area contributed by atoms with Gasteiger partial charge in [-0.05, 0) is 49.0 Å². The van der Waals surface area contributed by atoms with E-state index in [9.17, 15) is 0 Å². The summed E-state index contributed by atoms with van der Waals surface area (Å²) in [6.07, 6.45) is 1.65. The maximum atomic E-state index is 5.56. The Bertz CT molecular complexity index is 935.